The van der Waals surface area contributed by atoms with Gasteiger partial charge in [-0.15, -0.1) is 11.8 Å². The van der Waals surface area contributed by atoms with Crippen molar-refractivity contribution in [1.29, 1.82) is 0 Å². The zero-order valence-corrected chi connectivity index (χ0v) is 18.1. The largest absolute Gasteiger partial charge is 0.308 e. The van der Waals surface area contributed by atoms with E-state index in [9.17, 15) is 4.79 Å². The van der Waals surface area contributed by atoms with Gasteiger partial charge >= 0.3 is 0 Å². The molecule has 0 N–H and O–H groups in total. The first-order valence-electron chi connectivity index (χ1n) is 8.88. The molecule has 1 amide bonds. The number of thiazole rings is 1. The quantitative estimate of drug-likeness (QED) is 0.556. The van der Waals surface area contributed by atoms with Crippen molar-refractivity contribution in [3.05, 3.63) is 53.1 Å². The van der Waals surface area contributed by atoms with Crippen molar-refractivity contribution in [3.8, 4) is 0 Å². The third-order valence-electron chi connectivity index (χ3n) is 4.49. The van der Waals surface area contributed by atoms with Gasteiger partial charge in [0, 0.05) is 23.5 Å². The smallest absolute Gasteiger partial charge is 0.260 e. The van der Waals surface area contributed by atoms with E-state index in [4.69, 9.17) is 4.98 Å². The van der Waals surface area contributed by atoms with Crippen LogP contribution in [-0.4, -0.2) is 49.2 Å². The van der Waals surface area contributed by atoms with Crippen LogP contribution in [0.1, 0.15) is 21.5 Å². The number of hydrogen-bond acceptors (Lipinski definition) is 5. The Hall–Kier alpha value is -1.89. The van der Waals surface area contributed by atoms with Crippen LogP contribution in [-0.2, 0) is 0 Å². The van der Waals surface area contributed by atoms with E-state index in [0.717, 1.165) is 32.4 Å². The number of hydrogen-bond donors (Lipinski definition) is 0. The Bertz CT molecular complexity index is 926. The van der Waals surface area contributed by atoms with Gasteiger partial charge in [0.25, 0.3) is 5.91 Å². The lowest BCUT2D eigenvalue weighted by Gasteiger charge is -2.22. The van der Waals surface area contributed by atoms with Gasteiger partial charge < -0.3 is 4.90 Å². The Morgan fingerprint density at radius 2 is 1.85 bits per heavy atom. The van der Waals surface area contributed by atoms with Gasteiger partial charge in [0.2, 0.25) is 0 Å². The maximum absolute atomic E-state index is 13.3. The highest BCUT2D eigenvalue weighted by Gasteiger charge is 2.22. The lowest BCUT2D eigenvalue weighted by Crippen LogP contribution is -2.36. The molecule has 0 spiro atoms. The van der Waals surface area contributed by atoms with E-state index in [1.807, 2.05) is 49.5 Å². The summed E-state index contributed by atoms with van der Waals surface area (Å²) in [4.78, 5) is 23.2. The van der Waals surface area contributed by atoms with Gasteiger partial charge in [-0.2, -0.15) is 0 Å². The molecule has 0 unspecified atom stereocenters. The van der Waals surface area contributed by atoms with Crippen molar-refractivity contribution in [2.75, 3.05) is 38.3 Å². The summed E-state index contributed by atoms with van der Waals surface area (Å²) in [5, 5.41) is 0.767. The molecule has 1 heterocycles. The molecule has 0 radical (unpaired) electrons. The minimum atomic E-state index is 0.00196. The average molecular weight is 400 g/mol. The maximum atomic E-state index is 13.3. The summed E-state index contributed by atoms with van der Waals surface area (Å²) in [6, 6.07) is 12.0. The molecule has 3 aromatic rings. The monoisotopic (exact) mass is 399 g/mol. The van der Waals surface area contributed by atoms with Crippen molar-refractivity contribution < 1.29 is 4.79 Å². The number of aryl methyl sites for hydroxylation is 2. The highest BCUT2D eigenvalue weighted by atomic mass is 32.2. The Morgan fingerprint density at radius 3 is 2.52 bits per heavy atom. The summed E-state index contributed by atoms with van der Waals surface area (Å²) in [7, 11) is 4.04. The number of likely N-dealkylation sites (N-methyl/N-ethyl adjacent to an activating group) is 1. The molecular weight excluding hydrogens is 374 g/mol. The third-order valence-corrected chi connectivity index (χ3v) is 6.43. The van der Waals surface area contributed by atoms with Gasteiger partial charge in [0.15, 0.2) is 5.13 Å². The number of aromatic nitrogens is 1. The van der Waals surface area contributed by atoms with Crippen LogP contribution in [0.5, 0.6) is 0 Å². The van der Waals surface area contributed by atoms with Crippen LogP contribution in [0.15, 0.2) is 41.3 Å². The van der Waals surface area contributed by atoms with E-state index in [1.54, 1.807) is 23.1 Å². The molecule has 0 saturated carbocycles. The Balaban J connectivity index is 2.04. The van der Waals surface area contributed by atoms with Gasteiger partial charge in [-0.25, -0.2) is 4.98 Å². The fourth-order valence-electron chi connectivity index (χ4n) is 2.86. The van der Waals surface area contributed by atoms with Crippen molar-refractivity contribution in [2.45, 2.75) is 18.7 Å². The summed E-state index contributed by atoms with van der Waals surface area (Å²) < 4.78 is 1.16. The minimum Gasteiger partial charge on any atom is -0.308 e. The first-order valence-corrected chi connectivity index (χ1v) is 10.9. The highest BCUT2D eigenvalue weighted by Crippen LogP contribution is 2.33. The van der Waals surface area contributed by atoms with E-state index in [0.29, 0.717) is 12.1 Å². The lowest BCUT2D eigenvalue weighted by molar-refractivity contribution is 0.0985. The standard InChI is InChI=1S/C21H25N3OS2/c1-14-9-10-15(2)19-18(14)22-21(27-19)24(12-11-23(3)4)20(25)16-7-6-8-17(13-16)26-5/h6-10,13H,11-12H2,1-5H3. The fourth-order valence-corrected chi connectivity index (χ4v) is 4.46. The van der Waals surface area contributed by atoms with E-state index in [2.05, 4.69) is 30.9 Å². The van der Waals surface area contributed by atoms with Crippen LogP contribution in [0.25, 0.3) is 10.2 Å². The number of rotatable bonds is 6. The summed E-state index contributed by atoms with van der Waals surface area (Å²) in [5.41, 5.74) is 4.04. The molecular formula is C21H25N3OS2. The van der Waals surface area contributed by atoms with Crippen LogP contribution in [0, 0.1) is 13.8 Å². The normalized spacial score (nSPS) is 11.3. The van der Waals surface area contributed by atoms with Crippen molar-refractivity contribution in [3.63, 3.8) is 0 Å². The predicted octanol–water partition coefficient (Wildman–Crippen LogP) is 4.84. The number of amides is 1. The lowest BCUT2D eigenvalue weighted by atomic mass is 10.1. The van der Waals surface area contributed by atoms with Crippen molar-refractivity contribution >= 4 is 44.4 Å². The highest BCUT2D eigenvalue weighted by molar-refractivity contribution is 7.98. The summed E-state index contributed by atoms with van der Waals surface area (Å²) in [6.45, 7) is 5.55. The van der Waals surface area contributed by atoms with Crippen LogP contribution in [0.4, 0.5) is 5.13 Å². The van der Waals surface area contributed by atoms with Crippen LogP contribution >= 0.6 is 23.1 Å². The molecule has 0 atom stereocenters. The minimum absolute atomic E-state index is 0.00196. The molecule has 27 heavy (non-hydrogen) atoms. The van der Waals surface area contributed by atoms with Gasteiger partial charge in [0.05, 0.1) is 10.2 Å². The Kier molecular flexibility index (Phi) is 6.19. The molecule has 4 nitrogen and oxygen atoms in total. The SMILES string of the molecule is CSc1cccc(C(=O)N(CCN(C)C)c2nc3c(C)ccc(C)c3s2)c1. The molecule has 0 fully saturated rings. The molecule has 3 rings (SSSR count). The maximum Gasteiger partial charge on any atom is 0.260 e. The molecule has 142 valence electrons. The molecule has 0 aliphatic heterocycles. The first-order chi connectivity index (χ1) is 12.9. The topological polar surface area (TPSA) is 36.4 Å². The molecule has 0 saturated heterocycles. The zero-order chi connectivity index (χ0) is 19.6. The van der Waals surface area contributed by atoms with Crippen molar-refractivity contribution in [2.24, 2.45) is 0 Å². The Labute approximate surface area is 169 Å². The summed E-state index contributed by atoms with van der Waals surface area (Å²) in [5.74, 6) is 0.00196. The third kappa shape index (κ3) is 4.34. The van der Waals surface area contributed by atoms with Gasteiger partial charge in [-0.1, -0.05) is 29.5 Å². The second-order valence-electron chi connectivity index (χ2n) is 6.87. The molecule has 0 bridgehead atoms. The Morgan fingerprint density at radius 1 is 1.11 bits per heavy atom. The number of thioether (sulfide) groups is 1. The number of carbonyl (C=O) groups excluding carboxylic acids is 1. The second kappa shape index (κ2) is 8.42. The van der Waals surface area contributed by atoms with E-state index in [-0.39, 0.29) is 5.91 Å². The van der Waals surface area contributed by atoms with E-state index < -0.39 is 0 Å². The fraction of sp³-hybridized carbons (Fsp3) is 0.333. The number of anilines is 1. The van der Waals surface area contributed by atoms with Gasteiger partial charge in [0.1, 0.15) is 0 Å². The molecule has 1 aromatic heterocycles. The van der Waals surface area contributed by atoms with Crippen LogP contribution < -0.4 is 4.90 Å². The van der Waals surface area contributed by atoms with Crippen molar-refractivity contribution in [1.82, 2.24) is 9.88 Å². The van der Waals surface area contributed by atoms with Gasteiger partial charge in [-0.3, -0.25) is 9.69 Å². The molecule has 2 aromatic carbocycles. The zero-order valence-electron chi connectivity index (χ0n) is 16.4. The molecule has 0 aliphatic carbocycles. The number of carbonyl (C=O) groups is 1. The average Bonchev–Trinajstić information content (AvgIpc) is 3.11. The molecule has 6 heteroatoms. The summed E-state index contributed by atoms with van der Waals surface area (Å²) in [6.07, 6.45) is 2.02. The first kappa shape index (κ1) is 19.9. The number of fused-ring (bicyclic) bond motifs is 1. The van der Waals surface area contributed by atoms with E-state index in [1.165, 1.54) is 5.56 Å². The van der Waals surface area contributed by atoms with Crippen LogP contribution in [0.3, 0.4) is 0 Å². The van der Waals surface area contributed by atoms with E-state index >= 15 is 0 Å². The predicted molar refractivity (Wildman–Crippen MR) is 118 cm³/mol. The van der Waals surface area contributed by atoms with Gasteiger partial charge in [-0.05, 0) is 63.5 Å². The van der Waals surface area contributed by atoms with Crippen LogP contribution in [0.2, 0.25) is 0 Å². The number of benzene rings is 2. The molecule has 0 aliphatic rings. The second-order valence-corrected chi connectivity index (χ2v) is 8.72. The number of nitrogens with zero attached hydrogens (tertiary/aromatic N) is 3. The summed E-state index contributed by atoms with van der Waals surface area (Å²) >= 11 is 3.24.